The van der Waals surface area contributed by atoms with E-state index in [9.17, 15) is 4.79 Å². The number of alkyl carbamates (subject to hydrolysis) is 1. The minimum atomic E-state index is -0.372. The lowest BCUT2D eigenvalue weighted by atomic mass is 10.1. The zero-order valence-electron chi connectivity index (χ0n) is 10.5. The van der Waals surface area contributed by atoms with Gasteiger partial charge >= 0.3 is 6.09 Å². The van der Waals surface area contributed by atoms with E-state index in [0.29, 0.717) is 6.54 Å². The Morgan fingerprint density at radius 3 is 2.82 bits per heavy atom. The molecular weight excluding hydrogens is 218 g/mol. The molecule has 0 bridgehead atoms. The largest absolute Gasteiger partial charge is 0.497 e. The number of amides is 1. The average molecular weight is 237 g/mol. The van der Waals surface area contributed by atoms with Crippen LogP contribution in [0.4, 0.5) is 4.79 Å². The van der Waals surface area contributed by atoms with Crippen LogP contribution in [0.3, 0.4) is 0 Å². The summed E-state index contributed by atoms with van der Waals surface area (Å²) in [6.07, 6.45) is 0.291. The zero-order valence-corrected chi connectivity index (χ0v) is 10.5. The van der Waals surface area contributed by atoms with Crippen LogP contribution < -0.4 is 10.1 Å². The van der Waals surface area contributed by atoms with Crippen molar-refractivity contribution in [2.75, 3.05) is 13.7 Å². The molecule has 1 aromatic rings. The van der Waals surface area contributed by atoms with E-state index < -0.39 is 0 Å². The number of methoxy groups -OCH3 is 1. The molecule has 0 fully saturated rings. The third kappa shape index (κ3) is 5.24. The van der Waals surface area contributed by atoms with E-state index in [1.807, 2.05) is 38.1 Å². The monoisotopic (exact) mass is 237 g/mol. The first-order chi connectivity index (χ1) is 8.11. The fourth-order valence-electron chi connectivity index (χ4n) is 1.39. The van der Waals surface area contributed by atoms with Crippen LogP contribution in [-0.2, 0) is 11.2 Å². The summed E-state index contributed by atoms with van der Waals surface area (Å²) < 4.78 is 10.1. The molecule has 1 rings (SSSR count). The lowest BCUT2D eigenvalue weighted by Gasteiger charge is -2.09. The van der Waals surface area contributed by atoms with Crippen LogP contribution in [0, 0.1) is 0 Å². The van der Waals surface area contributed by atoms with Crippen LogP contribution in [0.15, 0.2) is 24.3 Å². The highest BCUT2D eigenvalue weighted by molar-refractivity contribution is 5.67. The quantitative estimate of drug-likeness (QED) is 0.855. The molecule has 0 aliphatic heterocycles. The highest BCUT2D eigenvalue weighted by atomic mass is 16.6. The molecular formula is C13H19NO3. The normalized spacial score (nSPS) is 10.1. The van der Waals surface area contributed by atoms with Gasteiger partial charge in [0.15, 0.2) is 0 Å². The summed E-state index contributed by atoms with van der Waals surface area (Å²) in [5, 5.41) is 2.70. The van der Waals surface area contributed by atoms with Gasteiger partial charge in [0.2, 0.25) is 0 Å². The minimum absolute atomic E-state index is 0.0909. The number of carbonyl (C=O) groups excluding carboxylic acids is 1. The molecule has 1 N–H and O–H groups in total. The van der Waals surface area contributed by atoms with Crippen molar-refractivity contribution in [1.82, 2.24) is 5.32 Å². The molecule has 0 aliphatic carbocycles. The molecule has 0 unspecified atom stereocenters. The maximum Gasteiger partial charge on any atom is 0.407 e. The van der Waals surface area contributed by atoms with E-state index in [2.05, 4.69) is 5.32 Å². The average Bonchev–Trinajstić information content (AvgIpc) is 2.28. The third-order valence-electron chi connectivity index (χ3n) is 2.16. The van der Waals surface area contributed by atoms with Crippen LogP contribution in [0.2, 0.25) is 0 Å². The standard InChI is InChI=1S/C13H19NO3/c1-10(2)17-13(15)14-8-7-11-5-4-6-12(9-11)16-3/h4-6,9-10H,7-8H2,1-3H3,(H,14,15). The Balaban J connectivity index is 2.32. The third-order valence-corrected chi connectivity index (χ3v) is 2.16. The molecule has 0 aromatic heterocycles. The SMILES string of the molecule is COc1cccc(CCNC(=O)OC(C)C)c1. The number of ether oxygens (including phenoxy) is 2. The van der Waals surface area contributed by atoms with Gasteiger partial charge in [0.05, 0.1) is 13.2 Å². The van der Waals surface area contributed by atoms with Gasteiger partial charge in [-0.05, 0) is 38.0 Å². The number of benzene rings is 1. The summed E-state index contributed by atoms with van der Waals surface area (Å²) in [4.78, 5) is 11.2. The number of rotatable bonds is 5. The van der Waals surface area contributed by atoms with Gasteiger partial charge in [-0.2, -0.15) is 0 Å². The fraction of sp³-hybridized carbons (Fsp3) is 0.462. The summed E-state index contributed by atoms with van der Waals surface area (Å²) in [6, 6.07) is 7.78. The molecule has 1 aromatic carbocycles. The molecule has 1 amide bonds. The Bertz CT molecular complexity index is 363. The van der Waals surface area contributed by atoms with E-state index in [1.165, 1.54) is 0 Å². The van der Waals surface area contributed by atoms with Crippen LogP contribution >= 0.6 is 0 Å². The van der Waals surface area contributed by atoms with E-state index in [0.717, 1.165) is 17.7 Å². The summed E-state index contributed by atoms with van der Waals surface area (Å²) in [7, 11) is 1.64. The molecule has 4 heteroatoms. The molecule has 4 nitrogen and oxygen atoms in total. The highest BCUT2D eigenvalue weighted by Gasteiger charge is 2.03. The van der Waals surface area contributed by atoms with E-state index in [1.54, 1.807) is 7.11 Å². The first-order valence-corrected chi connectivity index (χ1v) is 5.69. The minimum Gasteiger partial charge on any atom is -0.497 e. The van der Waals surface area contributed by atoms with E-state index >= 15 is 0 Å². The highest BCUT2D eigenvalue weighted by Crippen LogP contribution is 2.12. The lowest BCUT2D eigenvalue weighted by molar-refractivity contribution is 0.116. The van der Waals surface area contributed by atoms with Crippen molar-refractivity contribution < 1.29 is 14.3 Å². The predicted octanol–water partition coefficient (Wildman–Crippen LogP) is 2.37. The fourth-order valence-corrected chi connectivity index (χ4v) is 1.39. The van der Waals surface area contributed by atoms with Gasteiger partial charge in [0.1, 0.15) is 5.75 Å². The van der Waals surface area contributed by atoms with Gasteiger partial charge < -0.3 is 14.8 Å². The molecule has 0 saturated heterocycles. The van der Waals surface area contributed by atoms with Crippen molar-refractivity contribution in [3.63, 3.8) is 0 Å². The lowest BCUT2D eigenvalue weighted by Crippen LogP contribution is -2.28. The van der Waals surface area contributed by atoms with Crippen LogP contribution in [-0.4, -0.2) is 25.9 Å². The van der Waals surface area contributed by atoms with E-state index in [-0.39, 0.29) is 12.2 Å². The molecule has 0 atom stereocenters. The van der Waals surface area contributed by atoms with Crippen molar-refractivity contribution in [3.05, 3.63) is 29.8 Å². The van der Waals surface area contributed by atoms with Crippen LogP contribution in [0.5, 0.6) is 5.75 Å². The molecule has 0 saturated carbocycles. The number of hydrogen-bond donors (Lipinski definition) is 1. The van der Waals surface area contributed by atoms with Crippen molar-refractivity contribution in [2.24, 2.45) is 0 Å². The van der Waals surface area contributed by atoms with E-state index in [4.69, 9.17) is 9.47 Å². The first-order valence-electron chi connectivity index (χ1n) is 5.69. The first kappa shape index (κ1) is 13.4. The maximum atomic E-state index is 11.2. The molecule has 94 valence electrons. The summed E-state index contributed by atoms with van der Waals surface area (Å²) >= 11 is 0. The van der Waals surface area contributed by atoms with Crippen molar-refractivity contribution in [1.29, 1.82) is 0 Å². The smallest absolute Gasteiger partial charge is 0.407 e. The number of nitrogens with one attached hydrogen (secondary N) is 1. The van der Waals surface area contributed by atoms with Gasteiger partial charge in [-0.15, -0.1) is 0 Å². The number of hydrogen-bond acceptors (Lipinski definition) is 3. The summed E-state index contributed by atoms with van der Waals surface area (Å²) in [5.41, 5.74) is 1.12. The van der Waals surface area contributed by atoms with Gasteiger partial charge in [-0.25, -0.2) is 4.79 Å². The Labute approximate surface area is 102 Å². The molecule has 0 radical (unpaired) electrons. The van der Waals surface area contributed by atoms with Gasteiger partial charge in [-0.3, -0.25) is 0 Å². The Hall–Kier alpha value is -1.71. The summed E-state index contributed by atoms with van der Waals surface area (Å²) in [6.45, 7) is 4.20. The second kappa shape index (κ2) is 6.78. The van der Waals surface area contributed by atoms with Gasteiger partial charge in [0, 0.05) is 6.54 Å². The molecule has 0 spiro atoms. The van der Waals surface area contributed by atoms with Gasteiger partial charge in [-0.1, -0.05) is 12.1 Å². The summed E-state index contributed by atoms with van der Waals surface area (Å²) in [5.74, 6) is 0.826. The van der Waals surface area contributed by atoms with Crippen molar-refractivity contribution >= 4 is 6.09 Å². The second-order valence-electron chi connectivity index (χ2n) is 3.98. The molecule has 0 aliphatic rings. The second-order valence-corrected chi connectivity index (χ2v) is 3.98. The van der Waals surface area contributed by atoms with Crippen LogP contribution in [0.25, 0.3) is 0 Å². The maximum absolute atomic E-state index is 11.2. The number of carbonyl (C=O) groups is 1. The predicted molar refractivity (Wildman–Crippen MR) is 66.3 cm³/mol. The van der Waals surface area contributed by atoms with Gasteiger partial charge in [0.25, 0.3) is 0 Å². The Morgan fingerprint density at radius 2 is 2.18 bits per heavy atom. The van der Waals surface area contributed by atoms with Crippen LogP contribution in [0.1, 0.15) is 19.4 Å². The van der Waals surface area contributed by atoms with Crippen molar-refractivity contribution in [2.45, 2.75) is 26.4 Å². The Kier molecular flexibility index (Phi) is 5.33. The molecule has 17 heavy (non-hydrogen) atoms. The molecule has 0 heterocycles. The zero-order chi connectivity index (χ0) is 12.7. The topological polar surface area (TPSA) is 47.6 Å². The van der Waals surface area contributed by atoms with Crippen molar-refractivity contribution in [3.8, 4) is 5.75 Å². The Morgan fingerprint density at radius 1 is 1.41 bits per heavy atom.